The minimum Gasteiger partial charge on any atom is -0.312 e. The molecule has 2 nitrogen and oxygen atoms in total. The largest absolute Gasteiger partial charge is 0.312 e. The first-order valence-corrected chi connectivity index (χ1v) is 7.07. The van der Waals surface area contributed by atoms with Crippen molar-refractivity contribution >= 4 is 10.8 Å². The van der Waals surface area contributed by atoms with Gasteiger partial charge in [-0.1, -0.05) is 32.9 Å². The first-order valence-electron chi connectivity index (χ1n) is 5.51. The van der Waals surface area contributed by atoms with Gasteiger partial charge in [0.1, 0.15) is 0 Å². The number of rotatable bonds is 4. The molecule has 0 saturated heterocycles. The molecule has 1 N–H and O–H groups in total. The summed E-state index contributed by atoms with van der Waals surface area (Å²) in [6.07, 6.45) is 1.70. The average Bonchev–Trinajstić information content (AvgIpc) is 2.16. The van der Waals surface area contributed by atoms with Crippen molar-refractivity contribution in [2.24, 2.45) is 5.41 Å². The van der Waals surface area contributed by atoms with Crippen LogP contribution >= 0.6 is 0 Å². The Morgan fingerprint density at radius 1 is 1.19 bits per heavy atom. The fourth-order valence-corrected chi connectivity index (χ4v) is 1.90. The van der Waals surface area contributed by atoms with E-state index in [1.165, 1.54) is 5.56 Å². The Morgan fingerprint density at radius 3 is 2.19 bits per heavy atom. The SMILES string of the molecule is CS(=O)c1ccc(CNCC(C)(C)C)cc1. The third kappa shape index (κ3) is 4.90. The molecule has 0 fully saturated rings. The van der Waals surface area contributed by atoms with E-state index in [0.717, 1.165) is 18.0 Å². The molecule has 1 aromatic rings. The van der Waals surface area contributed by atoms with E-state index >= 15 is 0 Å². The van der Waals surface area contributed by atoms with Crippen molar-refractivity contribution in [2.45, 2.75) is 32.2 Å². The molecule has 1 rings (SSSR count). The van der Waals surface area contributed by atoms with Gasteiger partial charge in [0.2, 0.25) is 0 Å². The molecular formula is C13H21NOS. The Kier molecular flexibility index (Phi) is 4.69. The van der Waals surface area contributed by atoms with Gasteiger partial charge < -0.3 is 5.32 Å². The van der Waals surface area contributed by atoms with Crippen LogP contribution in [0.4, 0.5) is 0 Å². The van der Waals surface area contributed by atoms with Crippen LogP contribution in [0.3, 0.4) is 0 Å². The van der Waals surface area contributed by atoms with E-state index in [-0.39, 0.29) is 0 Å². The summed E-state index contributed by atoms with van der Waals surface area (Å²) < 4.78 is 11.2. The predicted octanol–water partition coefficient (Wildman–Crippen LogP) is 2.56. The van der Waals surface area contributed by atoms with Crippen LogP contribution in [0, 0.1) is 5.41 Å². The monoisotopic (exact) mass is 239 g/mol. The number of nitrogens with one attached hydrogen (secondary N) is 1. The van der Waals surface area contributed by atoms with Crippen LogP contribution in [0.25, 0.3) is 0 Å². The van der Waals surface area contributed by atoms with E-state index < -0.39 is 10.8 Å². The highest BCUT2D eigenvalue weighted by atomic mass is 32.2. The maximum atomic E-state index is 11.2. The van der Waals surface area contributed by atoms with Gasteiger partial charge in [-0.05, 0) is 23.1 Å². The molecule has 0 aliphatic heterocycles. The van der Waals surface area contributed by atoms with Crippen LogP contribution in [0.2, 0.25) is 0 Å². The molecule has 0 amide bonds. The van der Waals surface area contributed by atoms with Crippen LogP contribution in [-0.4, -0.2) is 17.0 Å². The van der Waals surface area contributed by atoms with Crippen molar-refractivity contribution in [1.82, 2.24) is 5.32 Å². The standard InChI is InChI=1S/C13H21NOS/c1-13(2,3)10-14-9-11-5-7-12(8-6-11)16(4)15/h5-8,14H,9-10H2,1-4H3. The van der Waals surface area contributed by atoms with E-state index in [1.54, 1.807) is 6.26 Å². The summed E-state index contributed by atoms with van der Waals surface area (Å²) in [7, 11) is -0.877. The van der Waals surface area contributed by atoms with Gasteiger partial charge in [0, 0.05) is 35.0 Å². The Hall–Kier alpha value is -0.670. The molecule has 0 heterocycles. The fourth-order valence-electron chi connectivity index (χ4n) is 1.38. The van der Waals surface area contributed by atoms with E-state index in [1.807, 2.05) is 24.3 Å². The molecule has 0 aliphatic carbocycles. The van der Waals surface area contributed by atoms with Crippen LogP contribution in [0.1, 0.15) is 26.3 Å². The topological polar surface area (TPSA) is 29.1 Å². The lowest BCUT2D eigenvalue weighted by Crippen LogP contribution is -2.26. The maximum absolute atomic E-state index is 11.2. The van der Waals surface area contributed by atoms with Crippen molar-refractivity contribution in [3.63, 3.8) is 0 Å². The summed E-state index contributed by atoms with van der Waals surface area (Å²) in [5.74, 6) is 0. The molecule has 0 saturated carbocycles. The zero-order valence-electron chi connectivity index (χ0n) is 10.5. The van der Waals surface area contributed by atoms with E-state index in [9.17, 15) is 4.21 Å². The van der Waals surface area contributed by atoms with Gasteiger partial charge in [0.15, 0.2) is 0 Å². The zero-order chi connectivity index (χ0) is 12.2. The Balaban J connectivity index is 2.47. The second-order valence-corrected chi connectivity index (χ2v) is 6.64. The van der Waals surface area contributed by atoms with E-state index in [0.29, 0.717) is 5.41 Å². The molecule has 0 aliphatic rings. The van der Waals surface area contributed by atoms with Crippen LogP contribution < -0.4 is 5.32 Å². The fraction of sp³-hybridized carbons (Fsp3) is 0.538. The molecule has 1 aromatic carbocycles. The molecule has 90 valence electrons. The van der Waals surface area contributed by atoms with Crippen LogP contribution in [0.15, 0.2) is 29.2 Å². The molecule has 16 heavy (non-hydrogen) atoms. The lowest BCUT2D eigenvalue weighted by atomic mass is 9.97. The number of hydrogen-bond acceptors (Lipinski definition) is 2. The van der Waals surface area contributed by atoms with Gasteiger partial charge in [-0.2, -0.15) is 0 Å². The Bertz CT molecular complexity index is 351. The smallest absolute Gasteiger partial charge is 0.0498 e. The first kappa shape index (κ1) is 13.4. The first-order chi connectivity index (χ1) is 7.38. The second kappa shape index (κ2) is 5.60. The molecule has 3 heteroatoms. The van der Waals surface area contributed by atoms with E-state index in [4.69, 9.17) is 0 Å². The molecule has 0 radical (unpaired) electrons. The van der Waals surface area contributed by atoms with Crippen molar-refractivity contribution < 1.29 is 4.21 Å². The van der Waals surface area contributed by atoms with E-state index in [2.05, 4.69) is 26.1 Å². The quantitative estimate of drug-likeness (QED) is 0.875. The van der Waals surface area contributed by atoms with Gasteiger partial charge in [0.05, 0.1) is 0 Å². The lowest BCUT2D eigenvalue weighted by Gasteiger charge is -2.18. The molecule has 0 bridgehead atoms. The molecule has 0 spiro atoms. The van der Waals surface area contributed by atoms with Gasteiger partial charge in [0.25, 0.3) is 0 Å². The zero-order valence-corrected chi connectivity index (χ0v) is 11.4. The van der Waals surface area contributed by atoms with Gasteiger partial charge >= 0.3 is 0 Å². The summed E-state index contributed by atoms with van der Waals surface area (Å²) in [4.78, 5) is 0.888. The van der Waals surface area contributed by atoms with Crippen LogP contribution in [0.5, 0.6) is 0 Å². The minimum atomic E-state index is -0.877. The normalized spacial score (nSPS) is 13.8. The third-order valence-corrected chi connectivity index (χ3v) is 3.18. The highest BCUT2D eigenvalue weighted by Crippen LogP contribution is 2.11. The van der Waals surface area contributed by atoms with Crippen LogP contribution in [-0.2, 0) is 17.3 Å². The summed E-state index contributed by atoms with van der Waals surface area (Å²) in [5, 5.41) is 3.41. The Labute approximate surface area is 101 Å². The summed E-state index contributed by atoms with van der Waals surface area (Å²) in [5.41, 5.74) is 1.55. The van der Waals surface area contributed by atoms with Gasteiger partial charge in [-0.15, -0.1) is 0 Å². The highest BCUT2D eigenvalue weighted by molar-refractivity contribution is 7.84. The third-order valence-electron chi connectivity index (χ3n) is 2.24. The lowest BCUT2D eigenvalue weighted by molar-refractivity contribution is 0.379. The summed E-state index contributed by atoms with van der Waals surface area (Å²) in [6.45, 7) is 8.50. The predicted molar refractivity (Wildman–Crippen MR) is 69.9 cm³/mol. The van der Waals surface area contributed by atoms with Gasteiger partial charge in [-0.25, -0.2) is 0 Å². The second-order valence-electron chi connectivity index (χ2n) is 5.26. The maximum Gasteiger partial charge on any atom is 0.0498 e. The molecule has 1 unspecified atom stereocenters. The highest BCUT2D eigenvalue weighted by Gasteiger charge is 2.08. The number of hydrogen-bond donors (Lipinski definition) is 1. The van der Waals surface area contributed by atoms with Crippen molar-refractivity contribution in [3.8, 4) is 0 Å². The van der Waals surface area contributed by atoms with Gasteiger partial charge in [-0.3, -0.25) is 4.21 Å². The van der Waals surface area contributed by atoms with Crippen molar-refractivity contribution in [2.75, 3.05) is 12.8 Å². The minimum absolute atomic E-state index is 0.310. The summed E-state index contributed by atoms with van der Waals surface area (Å²) >= 11 is 0. The molecule has 1 atom stereocenters. The van der Waals surface area contributed by atoms with Crippen molar-refractivity contribution in [1.29, 1.82) is 0 Å². The summed E-state index contributed by atoms with van der Waals surface area (Å²) in [6, 6.07) is 7.94. The Morgan fingerprint density at radius 2 is 1.75 bits per heavy atom. The molecular weight excluding hydrogens is 218 g/mol. The average molecular weight is 239 g/mol. The molecule has 0 aromatic heterocycles. The van der Waals surface area contributed by atoms with Crippen molar-refractivity contribution in [3.05, 3.63) is 29.8 Å². The number of benzene rings is 1.